The van der Waals surface area contributed by atoms with E-state index in [0.29, 0.717) is 5.75 Å². The summed E-state index contributed by atoms with van der Waals surface area (Å²) in [5.74, 6) is 0.880. The molecule has 0 unspecified atom stereocenters. The molecule has 58 heavy (non-hydrogen) atoms. The standard InChI is InChI=1S/C51H42N2O5/c1-38(54)37-57-51(55)58-50-35-31-48(32-36-50)53(44-11-7-4-8-12-44)46-27-23-42(24-28-46)20-18-40-15-13-39(14-16-40)17-19-41-21-25-45(26-22-41)52(43-9-5-3-6-10-43)47-29-33-49(56-2)34-30-47/h3-36H,37H2,1-2H3. The summed E-state index contributed by atoms with van der Waals surface area (Å²) in [6.45, 7) is 1.02. The molecular formula is C51H42N2O5. The maximum absolute atomic E-state index is 11.9. The molecule has 0 amide bonds. The van der Waals surface area contributed by atoms with Gasteiger partial charge in [-0.25, -0.2) is 4.79 Å². The van der Waals surface area contributed by atoms with Crippen LogP contribution in [-0.2, 0) is 9.53 Å². The van der Waals surface area contributed by atoms with Crippen molar-refractivity contribution in [2.45, 2.75) is 6.92 Å². The third kappa shape index (κ3) is 10.2. The second kappa shape index (κ2) is 18.8. The maximum Gasteiger partial charge on any atom is 0.514 e. The van der Waals surface area contributed by atoms with Crippen LogP contribution in [0.5, 0.6) is 11.5 Å². The van der Waals surface area contributed by atoms with Gasteiger partial charge in [-0.1, -0.05) is 109 Å². The van der Waals surface area contributed by atoms with Gasteiger partial charge < -0.3 is 24.0 Å². The van der Waals surface area contributed by atoms with Crippen molar-refractivity contribution in [3.05, 3.63) is 204 Å². The smallest absolute Gasteiger partial charge is 0.497 e. The largest absolute Gasteiger partial charge is 0.514 e. The van der Waals surface area contributed by atoms with E-state index in [2.05, 4.69) is 131 Å². The van der Waals surface area contributed by atoms with Crippen LogP contribution in [-0.4, -0.2) is 25.7 Å². The number of hydrogen-bond acceptors (Lipinski definition) is 7. The zero-order valence-corrected chi connectivity index (χ0v) is 32.3. The number of Topliss-reactive ketones (excluding diaryl/α,β-unsaturated/α-hetero) is 1. The normalized spacial score (nSPS) is 11.0. The minimum atomic E-state index is -0.921. The fraction of sp³-hybridized carbons (Fsp3) is 0.0588. The Hall–Kier alpha value is -7.64. The molecule has 0 fully saturated rings. The van der Waals surface area contributed by atoms with E-state index in [1.165, 1.54) is 6.92 Å². The zero-order valence-electron chi connectivity index (χ0n) is 32.3. The van der Waals surface area contributed by atoms with Crippen molar-refractivity contribution >= 4 is 70.4 Å². The van der Waals surface area contributed by atoms with E-state index in [9.17, 15) is 9.59 Å². The average Bonchev–Trinajstić information content (AvgIpc) is 3.27. The highest BCUT2D eigenvalue weighted by Gasteiger charge is 2.15. The van der Waals surface area contributed by atoms with Crippen molar-refractivity contribution in [3.63, 3.8) is 0 Å². The van der Waals surface area contributed by atoms with Gasteiger partial charge in [-0.2, -0.15) is 0 Å². The Morgan fingerprint density at radius 1 is 0.431 bits per heavy atom. The Balaban J connectivity index is 0.995. The Bertz CT molecular complexity index is 2460. The molecule has 286 valence electrons. The Morgan fingerprint density at radius 2 is 0.741 bits per heavy atom. The second-order valence-electron chi connectivity index (χ2n) is 13.4. The van der Waals surface area contributed by atoms with E-state index in [0.717, 1.165) is 62.1 Å². The first-order valence-electron chi connectivity index (χ1n) is 18.9. The van der Waals surface area contributed by atoms with Crippen LogP contribution < -0.4 is 19.3 Å². The summed E-state index contributed by atoms with van der Waals surface area (Å²) in [5, 5.41) is 0. The molecule has 0 saturated carbocycles. The molecule has 0 radical (unpaired) electrons. The number of carbonyl (C=O) groups excluding carboxylic acids is 2. The Kier molecular flexibility index (Phi) is 12.5. The molecule has 0 aromatic heterocycles. The molecule has 7 aromatic carbocycles. The fourth-order valence-electron chi connectivity index (χ4n) is 6.30. The molecule has 7 aromatic rings. The molecule has 0 atom stereocenters. The molecule has 0 aliphatic carbocycles. The van der Waals surface area contributed by atoms with Crippen LogP contribution in [0.3, 0.4) is 0 Å². The number of para-hydroxylation sites is 2. The summed E-state index contributed by atoms with van der Waals surface area (Å²) in [7, 11) is 1.68. The summed E-state index contributed by atoms with van der Waals surface area (Å²) >= 11 is 0. The number of ketones is 1. The highest BCUT2D eigenvalue weighted by atomic mass is 16.7. The molecular weight excluding hydrogens is 721 g/mol. The molecule has 0 aliphatic heterocycles. The van der Waals surface area contributed by atoms with Gasteiger partial charge in [0.2, 0.25) is 0 Å². The molecule has 0 spiro atoms. The zero-order chi connectivity index (χ0) is 40.1. The third-order valence-electron chi connectivity index (χ3n) is 9.22. The van der Waals surface area contributed by atoms with Crippen LogP contribution >= 0.6 is 0 Å². The summed E-state index contributed by atoms with van der Waals surface area (Å²) in [6.07, 6.45) is 7.55. The van der Waals surface area contributed by atoms with Crippen molar-refractivity contribution in [3.8, 4) is 11.5 Å². The molecule has 0 N–H and O–H groups in total. The molecule has 0 heterocycles. The lowest BCUT2D eigenvalue weighted by Crippen LogP contribution is -2.15. The summed E-state index contributed by atoms with van der Waals surface area (Å²) in [5.41, 5.74) is 10.4. The van der Waals surface area contributed by atoms with Crippen LogP contribution in [0.25, 0.3) is 24.3 Å². The van der Waals surface area contributed by atoms with Crippen LogP contribution in [0, 0.1) is 0 Å². The van der Waals surface area contributed by atoms with E-state index in [1.807, 2.05) is 72.8 Å². The van der Waals surface area contributed by atoms with Crippen molar-refractivity contribution in [1.82, 2.24) is 0 Å². The number of ether oxygens (including phenoxy) is 3. The van der Waals surface area contributed by atoms with Gasteiger partial charge in [0.15, 0.2) is 12.4 Å². The van der Waals surface area contributed by atoms with E-state index in [-0.39, 0.29) is 12.4 Å². The summed E-state index contributed by atoms with van der Waals surface area (Å²) < 4.78 is 15.4. The minimum absolute atomic E-state index is 0.261. The summed E-state index contributed by atoms with van der Waals surface area (Å²) in [4.78, 5) is 27.4. The molecule has 0 bridgehead atoms. The number of benzene rings is 7. The van der Waals surface area contributed by atoms with Gasteiger partial charge >= 0.3 is 6.16 Å². The van der Waals surface area contributed by atoms with Gasteiger partial charge in [0, 0.05) is 34.1 Å². The highest BCUT2D eigenvalue weighted by molar-refractivity contribution is 5.81. The van der Waals surface area contributed by atoms with E-state index >= 15 is 0 Å². The quantitative estimate of drug-likeness (QED) is 0.0621. The van der Waals surface area contributed by atoms with E-state index in [4.69, 9.17) is 14.2 Å². The summed E-state index contributed by atoms with van der Waals surface area (Å²) in [6, 6.07) is 61.0. The van der Waals surface area contributed by atoms with Gasteiger partial charge in [-0.3, -0.25) is 4.79 Å². The van der Waals surface area contributed by atoms with Gasteiger partial charge in [0.25, 0.3) is 0 Å². The van der Waals surface area contributed by atoms with Crippen molar-refractivity contribution in [2.24, 2.45) is 0 Å². The van der Waals surface area contributed by atoms with Crippen LogP contribution in [0.1, 0.15) is 29.2 Å². The number of methoxy groups -OCH3 is 1. The van der Waals surface area contributed by atoms with Gasteiger partial charge in [0.05, 0.1) is 7.11 Å². The lowest BCUT2D eigenvalue weighted by Gasteiger charge is -2.25. The number of rotatable bonds is 14. The van der Waals surface area contributed by atoms with Crippen molar-refractivity contribution in [2.75, 3.05) is 23.5 Å². The van der Waals surface area contributed by atoms with Crippen LogP contribution in [0.4, 0.5) is 38.9 Å². The highest BCUT2D eigenvalue weighted by Crippen LogP contribution is 2.37. The fourth-order valence-corrected chi connectivity index (χ4v) is 6.30. The Labute approximate surface area is 339 Å². The lowest BCUT2D eigenvalue weighted by molar-refractivity contribution is -0.120. The molecule has 7 nitrogen and oxygen atoms in total. The second-order valence-corrected chi connectivity index (χ2v) is 13.4. The number of carbonyl (C=O) groups is 2. The first-order chi connectivity index (χ1) is 28.4. The van der Waals surface area contributed by atoms with Crippen LogP contribution in [0.2, 0.25) is 0 Å². The topological polar surface area (TPSA) is 68.3 Å². The monoisotopic (exact) mass is 762 g/mol. The van der Waals surface area contributed by atoms with E-state index < -0.39 is 6.16 Å². The van der Waals surface area contributed by atoms with Crippen molar-refractivity contribution in [1.29, 1.82) is 0 Å². The number of nitrogens with zero attached hydrogens (tertiary/aromatic N) is 2. The third-order valence-corrected chi connectivity index (χ3v) is 9.22. The first-order valence-corrected chi connectivity index (χ1v) is 18.9. The lowest BCUT2D eigenvalue weighted by atomic mass is 10.1. The first kappa shape index (κ1) is 38.6. The minimum Gasteiger partial charge on any atom is -0.497 e. The van der Waals surface area contributed by atoms with E-state index in [1.54, 1.807) is 19.2 Å². The van der Waals surface area contributed by atoms with Gasteiger partial charge in [0.1, 0.15) is 11.5 Å². The van der Waals surface area contributed by atoms with Gasteiger partial charge in [-0.05, 0) is 126 Å². The predicted octanol–water partition coefficient (Wildman–Crippen LogP) is 13.1. The van der Waals surface area contributed by atoms with Gasteiger partial charge in [-0.15, -0.1) is 0 Å². The maximum atomic E-state index is 11.9. The molecule has 7 rings (SSSR count). The van der Waals surface area contributed by atoms with Crippen LogP contribution in [0.15, 0.2) is 182 Å². The van der Waals surface area contributed by atoms with Crippen molar-refractivity contribution < 1.29 is 23.8 Å². The average molecular weight is 763 g/mol. The SMILES string of the molecule is COc1ccc(N(c2ccccc2)c2ccc(C=Cc3ccc(C=Cc4ccc(N(c5ccccc5)c5ccc(OC(=O)OCC(C)=O)cc5)cc4)cc3)cc2)cc1. The predicted molar refractivity (Wildman–Crippen MR) is 236 cm³/mol. The molecule has 0 saturated heterocycles. The molecule has 0 aliphatic rings. The number of hydrogen-bond donors (Lipinski definition) is 0. The number of anilines is 6. The molecule has 7 heteroatoms. The Morgan fingerprint density at radius 3 is 1.09 bits per heavy atom.